The van der Waals surface area contributed by atoms with Gasteiger partial charge in [0.25, 0.3) is 11.5 Å². The van der Waals surface area contributed by atoms with Crippen LogP contribution >= 0.6 is 7.60 Å². The van der Waals surface area contributed by atoms with Gasteiger partial charge in [-0.05, 0) is 24.3 Å². The Morgan fingerprint density at radius 3 is 2.63 bits per heavy atom. The smallest absolute Gasteiger partial charge is 0.397 e. The molecule has 0 saturated heterocycles. The van der Waals surface area contributed by atoms with Crippen LogP contribution in [0.2, 0.25) is 0 Å². The average molecular weight is 387 g/mol. The highest BCUT2D eigenvalue weighted by atomic mass is 31.2. The van der Waals surface area contributed by atoms with E-state index in [2.05, 4.69) is 20.2 Å². The van der Waals surface area contributed by atoms with E-state index in [1.807, 2.05) is 5.48 Å². The molecule has 3 rings (SSSR count). The van der Waals surface area contributed by atoms with Crippen molar-refractivity contribution < 1.29 is 18.5 Å². The molecule has 0 radical (unpaired) electrons. The maximum absolute atomic E-state index is 12.3. The number of hydroxylamine groups is 1. The standard InChI is InChI=1S/C16H14N5O5P/c1-27(24,25-11-6-3-2-4-7-11)26-21-16(23)12-10-17-14(19-15(12)22)13-8-5-9-18-20-13/h2-10H,1H3,(H,21,23)(H,17,19,22). The third kappa shape index (κ3) is 4.84. The van der Waals surface area contributed by atoms with Gasteiger partial charge in [0.05, 0.1) is 6.66 Å². The van der Waals surface area contributed by atoms with Crippen molar-refractivity contribution in [1.29, 1.82) is 0 Å². The third-order valence-corrected chi connectivity index (χ3v) is 4.14. The second-order valence-electron chi connectivity index (χ2n) is 5.28. The summed E-state index contributed by atoms with van der Waals surface area (Å²) in [6.07, 6.45) is 2.53. The van der Waals surface area contributed by atoms with Crippen molar-refractivity contribution in [3.05, 3.63) is 70.8 Å². The zero-order valence-electron chi connectivity index (χ0n) is 14.0. The van der Waals surface area contributed by atoms with E-state index in [-0.39, 0.29) is 11.4 Å². The van der Waals surface area contributed by atoms with Crippen LogP contribution in [0.1, 0.15) is 10.4 Å². The number of para-hydroxylation sites is 1. The van der Waals surface area contributed by atoms with E-state index in [4.69, 9.17) is 9.15 Å². The molecular formula is C16H14N5O5P. The van der Waals surface area contributed by atoms with E-state index >= 15 is 0 Å². The molecule has 2 heterocycles. The molecule has 0 fully saturated rings. The molecule has 1 amide bonds. The Morgan fingerprint density at radius 2 is 1.96 bits per heavy atom. The molecule has 2 aromatic heterocycles. The number of aromatic nitrogens is 4. The molecule has 1 unspecified atom stereocenters. The zero-order valence-corrected chi connectivity index (χ0v) is 14.9. The number of rotatable bonds is 6. The van der Waals surface area contributed by atoms with Crippen molar-refractivity contribution in [1.82, 2.24) is 25.6 Å². The van der Waals surface area contributed by atoms with E-state index in [1.165, 1.54) is 12.9 Å². The van der Waals surface area contributed by atoms with Crippen LogP contribution in [-0.2, 0) is 9.19 Å². The van der Waals surface area contributed by atoms with Crippen LogP contribution < -0.4 is 15.6 Å². The van der Waals surface area contributed by atoms with E-state index in [0.29, 0.717) is 11.4 Å². The molecule has 11 heteroatoms. The fraction of sp³-hybridized carbons (Fsp3) is 0.0625. The van der Waals surface area contributed by atoms with E-state index in [1.54, 1.807) is 42.5 Å². The Morgan fingerprint density at radius 1 is 1.19 bits per heavy atom. The minimum Gasteiger partial charge on any atom is -0.423 e. The van der Waals surface area contributed by atoms with Crippen molar-refractivity contribution in [3.8, 4) is 17.3 Å². The molecule has 0 saturated carbocycles. The molecule has 3 aromatic rings. The number of benzene rings is 1. The van der Waals surface area contributed by atoms with Crippen molar-refractivity contribution in [2.24, 2.45) is 0 Å². The van der Waals surface area contributed by atoms with Gasteiger partial charge in [-0.1, -0.05) is 18.2 Å². The summed E-state index contributed by atoms with van der Waals surface area (Å²) in [6.45, 7) is 1.18. The van der Waals surface area contributed by atoms with Gasteiger partial charge in [0.1, 0.15) is 17.0 Å². The molecule has 0 aliphatic carbocycles. The fourth-order valence-electron chi connectivity index (χ4n) is 1.99. The van der Waals surface area contributed by atoms with Crippen molar-refractivity contribution in [2.75, 3.05) is 6.66 Å². The first-order valence-corrected chi connectivity index (χ1v) is 9.62. The van der Waals surface area contributed by atoms with Crippen LogP contribution in [0.5, 0.6) is 5.75 Å². The number of hydrogen-bond acceptors (Lipinski definition) is 8. The summed E-state index contributed by atoms with van der Waals surface area (Å²) in [6, 6.07) is 11.5. The maximum Gasteiger partial charge on any atom is 0.397 e. The molecule has 10 nitrogen and oxygen atoms in total. The number of aromatic amines is 1. The summed E-state index contributed by atoms with van der Waals surface area (Å²) in [5.41, 5.74) is 1.23. The molecule has 0 aliphatic rings. The van der Waals surface area contributed by atoms with Crippen molar-refractivity contribution in [3.63, 3.8) is 0 Å². The quantitative estimate of drug-likeness (QED) is 0.483. The number of nitrogens with zero attached hydrogens (tertiary/aromatic N) is 3. The van der Waals surface area contributed by atoms with Gasteiger partial charge in [0.2, 0.25) is 0 Å². The fourth-order valence-corrected chi connectivity index (χ4v) is 2.78. The molecule has 1 atom stereocenters. The summed E-state index contributed by atoms with van der Waals surface area (Å²) in [7, 11) is -3.64. The monoisotopic (exact) mass is 387 g/mol. The highest BCUT2D eigenvalue weighted by Gasteiger charge is 2.22. The third-order valence-electron chi connectivity index (χ3n) is 3.18. The normalized spacial score (nSPS) is 12.8. The van der Waals surface area contributed by atoms with E-state index < -0.39 is 19.1 Å². The molecule has 2 N–H and O–H groups in total. The summed E-state index contributed by atoms with van der Waals surface area (Å²) in [4.78, 5) is 30.6. The molecule has 1 aromatic carbocycles. The van der Waals surface area contributed by atoms with Crippen LogP contribution in [0.4, 0.5) is 0 Å². The Kier molecular flexibility index (Phi) is 5.39. The minimum absolute atomic E-state index is 0.152. The Bertz CT molecular complexity index is 1040. The zero-order chi connectivity index (χ0) is 19.3. The topological polar surface area (TPSA) is 136 Å². The molecule has 0 aliphatic heterocycles. The van der Waals surface area contributed by atoms with Gasteiger partial charge in [-0.25, -0.2) is 15.0 Å². The molecule has 138 valence electrons. The number of carbonyl (C=O) groups is 1. The SMILES string of the molecule is CP(=O)(ONC(=O)c1cnc(-c2cccnn2)[nH]c1=O)Oc1ccccc1. The second kappa shape index (κ2) is 7.90. The van der Waals surface area contributed by atoms with E-state index in [0.717, 1.165) is 6.20 Å². The molecular weight excluding hydrogens is 373 g/mol. The van der Waals surface area contributed by atoms with Gasteiger partial charge < -0.3 is 9.51 Å². The lowest BCUT2D eigenvalue weighted by atomic mass is 10.3. The number of carbonyl (C=O) groups excluding carboxylic acids is 1. The van der Waals surface area contributed by atoms with E-state index in [9.17, 15) is 14.2 Å². The van der Waals surface area contributed by atoms with Gasteiger partial charge in [-0.15, -0.1) is 5.10 Å². The van der Waals surface area contributed by atoms with Gasteiger partial charge in [0.15, 0.2) is 5.82 Å². The lowest BCUT2D eigenvalue weighted by Crippen LogP contribution is -2.30. The van der Waals surface area contributed by atoms with Crippen molar-refractivity contribution >= 4 is 13.5 Å². The lowest BCUT2D eigenvalue weighted by Gasteiger charge is -2.14. The minimum atomic E-state index is -3.64. The summed E-state index contributed by atoms with van der Waals surface area (Å²) in [5, 5.41) is 7.49. The Labute approximate surface area is 153 Å². The Hall–Kier alpha value is -3.36. The maximum atomic E-state index is 12.3. The van der Waals surface area contributed by atoms with Crippen LogP contribution in [0.25, 0.3) is 11.5 Å². The lowest BCUT2D eigenvalue weighted by molar-refractivity contribution is 0.0737. The first-order valence-electron chi connectivity index (χ1n) is 7.63. The second-order valence-corrected chi connectivity index (χ2v) is 7.19. The van der Waals surface area contributed by atoms with Crippen LogP contribution in [0.15, 0.2) is 59.7 Å². The summed E-state index contributed by atoms with van der Waals surface area (Å²) >= 11 is 0. The van der Waals surface area contributed by atoms with Crippen molar-refractivity contribution in [2.45, 2.75) is 0 Å². The van der Waals surface area contributed by atoms with Gasteiger partial charge in [0, 0.05) is 12.4 Å². The first kappa shape index (κ1) is 18.4. The van der Waals surface area contributed by atoms with Crippen LogP contribution in [0.3, 0.4) is 0 Å². The Balaban J connectivity index is 1.67. The first-order chi connectivity index (χ1) is 12.9. The highest BCUT2D eigenvalue weighted by molar-refractivity contribution is 7.53. The molecule has 0 bridgehead atoms. The largest absolute Gasteiger partial charge is 0.423 e. The number of H-pyrrole nitrogens is 1. The summed E-state index contributed by atoms with van der Waals surface area (Å²) < 4.78 is 22.3. The van der Waals surface area contributed by atoms with Crippen LogP contribution in [0, 0.1) is 0 Å². The number of amides is 1. The van der Waals surface area contributed by atoms with Gasteiger partial charge in [-0.2, -0.15) is 9.72 Å². The highest BCUT2D eigenvalue weighted by Crippen LogP contribution is 2.43. The predicted octanol–water partition coefficient (Wildman–Crippen LogP) is 1.79. The predicted molar refractivity (Wildman–Crippen MR) is 95.0 cm³/mol. The average Bonchev–Trinajstić information content (AvgIpc) is 2.67. The summed E-state index contributed by atoms with van der Waals surface area (Å²) in [5.74, 6) is -0.460. The molecule has 0 spiro atoms. The van der Waals surface area contributed by atoms with Gasteiger partial charge in [-0.3, -0.25) is 9.59 Å². The van der Waals surface area contributed by atoms with Crippen LogP contribution in [-0.4, -0.2) is 32.7 Å². The molecule has 27 heavy (non-hydrogen) atoms. The number of hydrogen-bond donors (Lipinski definition) is 2. The number of nitrogens with one attached hydrogen (secondary N) is 2. The van der Waals surface area contributed by atoms with Gasteiger partial charge >= 0.3 is 7.60 Å².